The van der Waals surface area contributed by atoms with E-state index in [1.165, 1.54) is 0 Å². The van der Waals surface area contributed by atoms with Crippen LogP contribution in [0.25, 0.3) is 0 Å². The quantitative estimate of drug-likeness (QED) is 0.277. The second-order valence-corrected chi connectivity index (χ2v) is 9.14. The fourth-order valence-corrected chi connectivity index (χ4v) is 4.33. The fraction of sp³-hybridized carbons (Fsp3) is 0.200. The Labute approximate surface area is 206 Å². The highest BCUT2D eigenvalue weighted by molar-refractivity contribution is 5.82. The predicted molar refractivity (Wildman–Crippen MR) is 141 cm³/mol. The predicted octanol–water partition coefficient (Wildman–Crippen LogP) is 7.92. The van der Waals surface area contributed by atoms with Gasteiger partial charge in [0.25, 0.3) is 0 Å². The molecular formula is C30H31NO4. The van der Waals surface area contributed by atoms with E-state index < -0.39 is 0 Å². The Kier molecular flexibility index (Phi) is 6.35. The van der Waals surface area contributed by atoms with Crippen molar-refractivity contribution in [1.29, 1.82) is 0 Å². The molecule has 5 nitrogen and oxygen atoms in total. The van der Waals surface area contributed by atoms with Crippen LogP contribution < -0.4 is 9.64 Å². The molecule has 0 amide bonds. The third kappa shape index (κ3) is 4.62. The van der Waals surface area contributed by atoms with Crippen LogP contribution in [0.2, 0.25) is 0 Å². The van der Waals surface area contributed by atoms with Crippen molar-refractivity contribution in [2.45, 2.75) is 41.5 Å². The van der Waals surface area contributed by atoms with Crippen molar-refractivity contribution in [2.75, 3.05) is 4.90 Å². The first-order valence-electron chi connectivity index (χ1n) is 11.5. The van der Waals surface area contributed by atoms with Gasteiger partial charge < -0.3 is 25.0 Å². The van der Waals surface area contributed by atoms with Gasteiger partial charge in [-0.3, -0.25) is 0 Å². The average molecular weight is 470 g/mol. The van der Waals surface area contributed by atoms with Crippen LogP contribution in [-0.4, -0.2) is 15.3 Å². The largest absolute Gasteiger partial charge is 0.508 e. The Bertz CT molecular complexity index is 1370. The molecule has 4 rings (SSSR count). The number of hydrogen-bond donors (Lipinski definition) is 3. The van der Waals surface area contributed by atoms with E-state index in [1.807, 2.05) is 88.9 Å². The monoisotopic (exact) mass is 469 g/mol. The van der Waals surface area contributed by atoms with Crippen LogP contribution in [0.1, 0.15) is 33.4 Å². The molecule has 3 N–H and O–H groups in total. The Morgan fingerprint density at radius 2 is 1.14 bits per heavy atom. The maximum atomic E-state index is 10.5. The van der Waals surface area contributed by atoms with E-state index in [-0.39, 0.29) is 17.2 Å². The van der Waals surface area contributed by atoms with Crippen molar-refractivity contribution in [3.05, 3.63) is 94.0 Å². The number of ether oxygens (including phenoxy) is 1. The van der Waals surface area contributed by atoms with Gasteiger partial charge >= 0.3 is 0 Å². The first-order valence-corrected chi connectivity index (χ1v) is 11.5. The van der Waals surface area contributed by atoms with E-state index in [0.717, 1.165) is 44.9 Å². The highest BCUT2D eigenvalue weighted by atomic mass is 16.5. The summed E-state index contributed by atoms with van der Waals surface area (Å²) in [7, 11) is 0. The van der Waals surface area contributed by atoms with E-state index >= 15 is 0 Å². The van der Waals surface area contributed by atoms with E-state index in [4.69, 9.17) is 4.74 Å². The second-order valence-electron chi connectivity index (χ2n) is 9.14. The fourth-order valence-electron chi connectivity index (χ4n) is 4.33. The maximum absolute atomic E-state index is 10.5. The number of aromatic hydroxyl groups is 3. The first-order chi connectivity index (χ1) is 16.6. The lowest BCUT2D eigenvalue weighted by Crippen LogP contribution is -2.13. The van der Waals surface area contributed by atoms with Gasteiger partial charge in [-0.2, -0.15) is 0 Å². The number of phenolic OH excluding ortho intramolecular Hbond substituents is 3. The van der Waals surface area contributed by atoms with E-state index in [1.54, 1.807) is 18.2 Å². The minimum atomic E-state index is 0.180. The molecule has 4 aromatic carbocycles. The molecule has 0 fully saturated rings. The molecule has 0 atom stereocenters. The molecule has 0 radical (unpaired) electrons. The second kappa shape index (κ2) is 9.26. The molecule has 0 saturated carbocycles. The third-order valence-corrected chi connectivity index (χ3v) is 6.38. The minimum absolute atomic E-state index is 0.180. The Balaban J connectivity index is 1.90. The topological polar surface area (TPSA) is 73.2 Å². The van der Waals surface area contributed by atoms with Gasteiger partial charge in [0.15, 0.2) is 0 Å². The molecular weight excluding hydrogens is 438 g/mol. The first kappa shape index (κ1) is 24.0. The third-order valence-electron chi connectivity index (χ3n) is 6.38. The zero-order valence-electron chi connectivity index (χ0n) is 21.0. The molecule has 0 aliphatic heterocycles. The number of nitrogens with zero attached hydrogens (tertiary/aromatic N) is 1. The van der Waals surface area contributed by atoms with Crippen LogP contribution in [0.3, 0.4) is 0 Å². The van der Waals surface area contributed by atoms with Crippen molar-refractivity contribution in [3.63, 3.8) is 0 Å². The van der Waals surface area contributed by atoms with Crippen LogP contribution in [0.5, 0.6) is 28.7 Å². The maximum Gasteiger partial charge on any atom is 0.136 e. The lowest BCUT2D eigenvalue weighted by atomic mass is 10.0. The van der Waals surface area contributed by atoms with Crippen molar-refractivity contribution in [1.82, 2.24) is 0 Å². The minimum Gasteiger partial charge on any atom is -0.508 e. The average Bonchev–Trinajstić information content (AvgIpc) is 2.81. The molecule has 0 aromatic heterocycles. The lowest BCUT2D eigenvalue weighted by molar-refractivity contribution is 0.446. The normalized spacial score (nSPS) is 10.9. The summed E-state index contributed by atoms with van der Waals surface area (Å²) in [6, 6.07) is 18.5. The van der Waals surface area contributed by atoms with Crippen LogP contribution in [0.4, 0.5) is 17.1 Å². The smallest absolute Gasteiger partial charge is 0.136 e. The van der Waals surface area contributed by atoms with Crippen molar-refractivity contribution in [3.8, 4) is 28.7 Å². The zero-order chi connectivity index (χ0) is 25.4. The Morgan fingerprint density at radius 3 is 1.71 bits per heavy atom. The Morgan fingerprint density at radius 1 is 0.571 bits per heavy atom. The summed E-state index contributed by atoms with van der Waals surface area (Å²) in [4.78, 5) is 2.01. The molecule has 0 heterocycles. The summed E-state index contributed by atoms with van der Waals surface area (Å²) >= 11 is 0. The molecule has 0 saturated heterocycles. The number of anilines is 3. The van der Waals surface area contributed by atoms with Gasteiger partial charge in [-0.1, -0.05) is 24.3 Å². The number of phenols is 3. The highest BCUT2D eigenvalue weighted by Gasteiger charge is 2.20. The van der Waals surface area contributed by atoms with E-state index in [0.29, 0.717) is 17.1 Å². The van der Waals surface area contributed by atoms with Crippen LogP contribution in [0, 0.1) is 41.5 Å². The van der Waals surface area contributed by atoms with Gasteiger partial charge in [0.2, 0.25) is 0 Å². The summed E-state index contributed by atoms with van der Waals surface area (Å²) in [5.74, 6) is 1.79. The summed E-state index contributed by atoms with van der Waals surface area (Å²) < 4.78 is 6.24. The number of benzene rings is 4. The van der Waals surface area contributed by atoms with Crippen molar-refractivity contribution < 1.29 is 20.1 Å². The number of aryl methyl sites for hydroxylation is 5. The molecule has 0 spiro atoms. The standard InChI is InChI=1S/C30H31NO4/c1-17-10-11-27(32)22(6)30(17)35-24-9-7-8-23(14-24)31(25-15-28(33)20(4)12-18(25)2)26-16-29(34)21(5)13-19(26)3/h7-16,32-34H,1-6H3. The Hall–Kier alpha value is -4.12. The van der Waals surface area contributed by atoms with Gasteiger partial charge in [0.1, 0.15) is 28.7 Å². The van der Waals surface area contributed by atoms with Crippen LogP contribution in [-0.2, 0) is 0 Å². The SMILES string of the molecule is Cc1cc(C)c(N(c2cccc(Oc3c(C)ccc(O)c3C)c2)c2cc(O)c(C)cc2C)cc1O. The van der Waals surface area contributed by atoms with Gasteiger partial charge in [-0.15, -0.1) is 0 Å². The van der Waals surface area contributed by atoms with E-state index in [2.05, 4.69) is 0 Å². The number of rotatable bonds is 5. The molecule has 5 heteroatoms. The molecule has 0 unspecified atom stereocenters. The summed E-state index contributed by atoms with van der Waals surface area (Å²) in [5.41, 5.74) is 7.52. The lowest BCUT2D eigenvalue weighted by Gasteiger charge is -2.29. The zero-order valence-corrected chi connectivity index (χ0v) is 21.0. The van der Waals surface area contributed by atoms with Gasteiger partial charge in [0.05, 0.1) is 11.4 Å². The van der Waals surface area contributed by atoms with Gasteiger partial charge in [-0.05, 0) is 87.6 Å². The van der Waals surface area contributed by atoms with Gasteiger partial charge in [0, 0.05) is 29.4 Å². The molecule has 0 bridgehead atoms. The van der Waals surface area contributed by atoms with Crippen molar-refractivity contribution >= 4 is 17.1 Å². The van der Waals surface area contributed by atoms with Crippen LogP contribution in [0.15, 0.2) is 60.7 Å². The molecule has 0 aliphatic carbocycles. The number of hydrogen-bond acceptors (Lipinski definition) is 5. The van der Waals surface area contributed by atoms with Gasteiger partial charge in [-0.25, -0.2) is 0 Å². The summed E-state index contributed by atoms with van der Waals surface area (Å²) in [5, 5.41) is 31.3. The highest BCUT2D eigenvalue weighted by Crippen LogP contribution is 2.44. The van der Waals surface area contributed by atoms with Crippen LogP contribution >= 0.6 is 0 Å². The molecule has 4 aromatic rings. The molecule has 0 aliphatic rings. The molecule has 180 valence electrons. The molecule has 35 heavy (non-hydrogen) atoms. The van der Waals surface area contributed by atoms with E-state index in [9.17, 15) is 15.3 Å². The summed E-state index contributed by atoms with van der Waals surface area (Å²) in [6.45, 7) is 11.5. The van der Waals surface area contributed by atoms with Crippen molar-refractivity contribution in [2.24, 2.45) is 0 Å². The summed E-state index contributed by atoms with van der Waals surface area (Å²) in [6.07, 6.45) is 0.